The maximum Gasteiger partial charge on any atom is 0.344 e. The number of hydrogen-bond donors (Lipinski definition) is 2. The standard InChI is InChI=1S/C24H29N3O6/c1-5-32-24(30)15-33-20-9-8-18(13-21(20)31-4)14-25-27-23(29)11-10-22(28)26-19-12-16(2)6-7-17(19)3/h6-9,12-14H,5,10-11,15H2,1-4H3,(H,26,28)(H,27,29). The Balaban J connectivity index is 1.82. The minimum atomic E-state index is -0.476. The quantitative estimate of drug-likeness (QED) is 0.306. The van der Waals surface area contributed by atoms with Crippen molar-refractivity contribution in [3.05, 3.63) is 53.1 Å². The van der Waals surface area contributed by atoms with Gasteiger partial charge < -0.3 is 19.5 Å². The number of anilines is 1. The van der Waals surface area contributed by atoms with Crippen LogP contribution >= 0.6 is 0 Å². The zero-order valence-corrected chi connectivity index (χ0v) is 19.3. The van der Waals surface area contributed by atoms with Gasteiger partial charge in [0.2, 0.25) is 11.8 Å². The molecule has 0 unspecified atom stereocenters. The molecule has 0 spiro atoms. The van der Waals surface area contributed by atoms with Gasteiger partial charge in [-0.2, -0.15) is 5.10 Å². The average Bonchev–Trinajstić information content (AvgIpc) is 2.79. The second kappa shape index (κ2) is 12.8. The van der Waals surface area contributed by atoms with E-state index >= 15 is 0 Å². The Labute approximate surface area is 193 Å². The topological polar surface area (TPSA) is 115 Å². The molecular weight excluding hydrogens is 426 g/mol. The van der Waals surface area contributed by atoms with Crippen molar-refractivity contribution < 1.29 is 28.6 Å². The lowest BCUT2D eigenvalue weighted by Gasteiger charge is -2.10. The van der Waals surface area contributed by atoms with Crippen LogP contribution in [0, 0.1) is 13.8 Å². The molecule has 2 N–H and O–H groups in total. The number of carbonyl (C=O) groups excluding carboxylic acids is 3. The third-order valence-electron chi connectivity index (χ3n) is 4.49. The molecule has 2 aromatic carbocycles. The van der Waals surface area contributed by atoms with Crippen molar-refractivity contribution in [3.8, 4) is 11.5 Å². The van der Waals surface area contributed by atoms with E-state index in [1.54, 1.807) is 25.1 Å². The molecule has 0 fully saturated rings. The number of ether oxygens (including phenoxy) is 3. The van der Waals surface area contributed by atoms with Gasteiger partial charge in [-0.3, -0.25) is 9.59 Å². The number of benzene rings is 2. The molecule has 0 aliphatic heterocycles. The van der Waals surface area contributed by atoms with Gasteiger partial charge >= 0.3 is 5.97 Å². The smallest absolute Gasteiger partial charge is 0.344 e. The summed E-state index contributed by atoms with van der Waals surface area (Å²) >= 11 is 0. The lowest BCUT2D eigenvalue weighted by Crippen LogP contribution is -2.21. The van der Waals surface area contributed by atoms with Crippen LogP contribution in [0.1, 0.15) is 36.5 Å². The summed E-state index contributed by atoms with van der Waals surface area (Å²) in [4.78, 5) is 35.6. The monoisotopic (exact) mass is 455 g/mol. The summed E-state index contributed by atoms with van der Waals surface area (Å²) in [6, 6.07) is 10.7. The summed E-state index contributed by atoms with van der Waals surface area (Å²) in [6.07, 6.45) is 1.47. The molecule has 33 heavy (non-hydrogen) atoms. The van der Waals surface area contributed by atoms with E-state index in [1.807, 2.05) is 32.0 Å². The van der Waals surface area contributed by atoms with Crippen molar-refractivity contribution in [3.63, 3.8) is 0 Å². The van der Waals surface area contributed by atoms with E-state index in [4.69, 9.17) is 14.2 Å². The molecule has 0 aliphatic carbocycles. The zero-order chi connectivity index (χ0) is 24.2. The van der Waals surface area contributed by atoms with E-state index in [1.165, 1.54) is 13.3 Å². The van der Waals surface area contributed by atoms with E-state index in [-0.39, 0.29) is 37.9 Å². The molecule has 0 aliphatic rings. The van der Waals surface area contributed by atoms with Gasteiger partial charge in [0.15, 0.2) is 18.1 Å². The first-order chi connectivity index (χ1) is 15.8. The van der Waals surface area contributed by atoms with Crippen LogP contribution in [0.25, 0.3) is 0 Å². The third-order valence-corrected chi connectivity index (χ3v) is 4.49. The highest BCUT2D eigenvalue weighted by molar-refractivity contribution is 5.94. The van der Waals surface area contributed by atoms with Crippen molar-refractivity contribution in [2.75, 3.05) is 25.6 Å². The van der Waals surface area contributed by atoms with Crippen LogP contribution in [0.4, 0.5) is 5.69 Å². The van der Waals surface area contributed by atoms with Crippen molar-refractivity contribution in [2.24, 2.45) is 5.10 Å². The van der Waals surface area contributed by atoms with Gasteiger partial charge in [0.1, 0.15) is 0 Å². The Morgan fingerprint density at radius 2 is 1.76 bits per heavy atom. The highest BCUT2D eigenvalue weighted by Gasteiger charge is 2.10. The molecule has 0 radical (unpaired) electrons. The summed E-state index contributed by atoms with van der Waals surface area (Å²) in [5, 5.41) is 6.72. The van der Waals surface area contributed by atoms with Crippen LogP contribution in [-0.2, 0) is 19.1 Å². The third kappa shape index (κ3) is 8.64. The number of nitrogens with zero attached hydrogens (tertiary/aromatic N) is 1. The van der Waals surface area contributed by atoms with Gasteiger partial charge in [-0.05, 0) is 61.7 Å². The maximum atomic E-state index is 12.1. The van der Waals surface area contributed by atoms with Crippen molar-refractivity contribution in [1.29, 1.82) is 0 Å². The molecule has 0 atom stereocenters. The van der Waals surface area contributed by atoms with E-state index in [0.717, 1.165) is 16.8 Å². The Morgan fingerprint density at radius 3 is 2.48 bits per heavy atom. The molecule has 9 nitrogen and oxygen atoms in total. The zero-order valence-electron chi connectivity index (χ0n) is 19.3. The average molecular weight is 456 g/mol. The first-order valence-corrected chi connectivity index (χ1v) is 10.5. The van der Waals surface area contributed by atoms with Gasteiger partial charge in [0.05, 0.1) is 19.9 Å². The highest BCUT2D eigenvalue weighted by atomic mass is 16.6. The predicted octanol–water partition coefficient (Wildman–Crippen LogP) is 3.12. The van der Waals surface area contributed by atoms with E-state index < -0.39 is 5.97 Å². The van der Waals surface area contributed by atoms with Gasteiger partial charge in [-0.15, -0.1) is 0 Å². The van der Waals surface area contributed by atoms with Gasteiger partial charge in [0.25, 0.3) is 0 Å². The van der Waals surface area contributed by atoms with Crippen LogP contribution in [0.15, 0.2) is 41.5 Å². The van der Waals surface area contributed by atoms with Gasteiger partial charge in [0, 0.05) is 18.5 Å². The fourth-order valence-corrected chi connectivity index (χ4v) is 2.77. The van der Waals surface area contributed by atoms with Crippen LogP contribution in [-0.4, -0.2) is 44.3 Å². The summed E-state index contributed by atoms with van der Waals surface area (Å²) in [5.41, 5.74) is 5.77. The fraction of sp³-hybridized carbons (Fsp3) is 0.333. The largest absolute Gasteiger partial charge is 0.493 e. The van der Waals surface area contributed by atoms with Crippen molar-refractivity contribution in [2.45, 2.75) is 33.6 Å². The number of hydrogen-bond acceptors (Lipinski definition) is 7. The Hall–Kier alpha value is -3.88. The summed E-state index contributed by atoms with van der Waals surface area (Å²) < 4.78 is 15.5. The molecule has 0 bridgehead atoms. The summed E-state index contributed by atoms with van der Waals surface area (Å²) in [6.45, 7) is 5.61. The minimum Gasteiger partial charge on any atom is -0.493 e. The molecule has 0 aromatic heterocycles. The fourth-order valence-electron chi connectivity index (χ4n) is 2.77. The lowest BCUT2D eigenvalue weighted by atomic mass is 10.1. The molecule has 0 heterocycles. The molecule has 0 saturated carbocycles. The SMILES string of the molecule is CCOC(=O)COc1ccc(C=NNC(=O)CCC(=O)Nc2cc(C)ccc2C)cc1OC. The number of hydrazone groups is 1. The van der Waals surface area contributed by atoms with Gasteiger partial charge in [-0.25, -0.2) is 10.2 Å². The second-order valence-electron chi connectivity index (χ2n) is 7.16. The van der Waals surface area contributed by atoms with Crippen LogP contribution in [0.5, 0.6) is 11.5 Å². The molecule has 176 valence electrons. The number of methoxy groups -OCH3 is 1. The summed E-state index contributed by atoms with van der Waals surface area (Å²) in [7, 11) is 1.47. The molecule has 2 amide bonds. The number of nitrogens with one attached hydrogen (secondary N) is 2. The molecule has 2 rings (SSSR count). The molecule has 0 saturated heterocycles. The van der Waals surface area contributed by atoms with E-state index in [0.29, 0.717) is 17.1 Å². The van der Waals surface area contributed by atoms with Gasteiger partial charge in [-0.1, -0.05) is 12.1 Å². The van der Waals surface area contributed by atoms with Crippen LogP contribution in [0.3, 0.4) is 0 Å². The minimum absolute atomic E-state index is 0.00199. The van der Waals surface area contributed by atoms with E-state index in [2.05, 4.69) is 15.8 Å². The van der Waals surface area contributed by atoms with Crippen LogP contribution in [0.2, 0.25) is 0 Å². The highest BCUT2D eigenvalue weighted by Crippen LogP contribution is 2.27. The number of rotatable bonds is 11. The molecular formula is C24H29N3O6. The molecule has 2 aromatic rings. The number of carbonyl (C=O) groups is 3. The summed E-state index contributed by atoms with van der Waals surface area (Å²) in [5.74, 6) is -0.329. The van der Waals surface area contributed by atoms with E-state index in [9.17, 15) is 14.4 Å². The lowest BCUT2D eigenvalue weighted by molar-refractivity contribution is -0.145. The second-order valence-corrected chi connectivity index (χ2v) is 7.16. The first-order valence-electron chi connectivity index (χ1n) is 10.5. The normalized spacial score (nSPS) is 10.5. The maximum absolute atomic E-state index is 12.1. The Morgan fingerprint density at radius 1 is 1.00 bits per heavy atom. The Bertz CT molecular complexity index is 1020. The number of esters is 1. The van der Waals surface area contributed by atoms with Crippen molar-refractivity contribution in [1.82, 2.24) is 5.43 Å². The number of amides is 2. The van der Waals surface area contributed by atoms with Crippen molar-refractivity contribution >= 4 is 29.7 Å². The van der Waals surface area contributed by atoms with Crippen LogP contribution < -0.4 is 20.2 Å². The Kier molecular flexibility index (Phi) is 9.88. The molecule has 9 heteroatoms. The first kappa shape index (κ1) is 25.4. The predicted molar refractivity (Wildman–Crippen MR) is 125 cm³/mol. The number of aryl methyl sites for hydroxylation is 2.